The highest BCUT2D eigenvalue weighted by Gasteiger charge is 2.58. The van der Waals surface area contributed by atoms with Gasteiger partial charge in [-0.1, -0.05) is 32.0 Å². The molecule has 3 unspecified atom stereocenters. The van der Waals surface area contributed by atoms with E-state index in [2.05, 4.69) is 35.4 Å². The smallest absolute Gasteiger partial charge is 0.350 e. The molecule has 3 aromatic carbocycles. The van der Waals surface area contributed by atoms with Crippen LogP contribution in [-0.4, -0.2) is 82.0 Å². The van der Waals surface area contributed by atoms with Crippen LogP contribution in [0.5, 0.6) is 0 Å². The van der Waals surface area contributed by atoms with Gasteiger partial charge in [-0.05, 0) is 83.4 Å². The fourth-order valence-electron chi connectivity index (χ4n) is 7.28. The molecule has 0 radical (unpaired) electrons. The van der Waals surface area contributed by atoms with Crippen LogP contribution in [-0.2, 0) is 18.1 Å². The number of nitrogens with zero attached hydrogens (tertiary/aromatic N) is 10. The third kappa shape index (κ3) is 7.26. The van der Waals surface area contributed by atoms with Crippen molar-refractivity contribution in [2.24, 2.45) is 5.92 Å². The molecule has 4 heterocycles. The molecule has 7 rings (SSSR count). The van der Waals surface area contributed by atoms with Gasteiger partial charge in [0.2, 0.25) is 0 Å². The lowest BCUT2D eigenvalue weighted by molar-refractivity contribution is -0.207. The molecule has 0 amide bonds. The van der Waals surface area contributed by atoms with Gasteiger partial charge in [-0.25, -0.2) is 27.5 Å². The molecule has 0 aliphatic carbocycles. The Hall–Kier alpha value is -5.94. The first-order chi connectivity index (χ1) is 26.8. The van der Waals surface area contributed by atoms with Crippen LogP contribution in [0.2, 0.25) is 0 Å². The topological polar surface area (TPSA) is 143 Å². The highest BCUT2D eigenvalue weighted by atomic mass is 19.3. The molecule has 3 aromatic heterocycles. The fraction of sp³-hybridized carbons (Fsp3) is 0.333. The maximum absolute atomic E-state index is 16.2. The van der Waals surface area contributed by atoms with Gasteiger partial charge in [0, 0.05) is 60.9 Å². The van der Waals surface area contributed by atoms with Gasteiger partial charge in [-0.2, -0.15) is 13.9 Å². The second kappa shape index (κ2) is 15.3. The number of alkyl halides is 2. The van der Waals surface area contributed by atoms with Crippen molar-refractivity contribution in [3.63, 3.8) is 0 Å². The Balaban J connectivity index is 1.00. The summed E-state index contributed by atoms with van der Waals surface area (Å²) in [5.74, 6) is -6.49. The number of pyridine rings is 1. The van der Waals surface area contributed by atoms with Crippen molar-refractivity contribution in [1.82, 2.24) is 39.5 Å². The number of anilines is 2. The average Bonchev–Trinajstić information content (AvgIpc) is 3.84. The molecular weight excluding hydrogens is 732 g/mol. The van der Waals surface area contributed by atoms with Gasteiger partial charge in [0.1, 0.15) is 30.0 Å². The molecule has 13 nitrogen and oxygen atoms in total. The number of aromatic nitrogens is 8. The number of hydrogen-bond acceptors (Lipinski definition) is 10. The van der Waals surface area contributed by atoms with E-state index in [9.17, 15) is 23.8 Å². The molecular formula is C39H40F4N10O3. The second-order valence-electron chi connectivity index (χ2n) is 14.2. The maximum atomic E-state index is 16.2. The highest BCUT2D eigenvalue weighted by Crippen LogP contribution is 2.47. The van der Waals surface area contributed by atoms with Crippen molar-refractivity contribution in [2.45, 2.75) is 51.0 Å². The first-order valence-corrected chi connectivity index (χ1v) is 18.0. The van der Waals surface area contributed by atoms with Crippen LogP contribution in [0.25, 0.3) is 16.8 Å². The summed E-state index contributed by atoms with van der Waals surface area (Å²) < 4.78 is 64.5. The molecule has 2 N–H and O–H groups in total. The Morgan fingerprint density at radius 2 is 1.41 bits per heavy atom. The Labute approximate surface area is 319 Å². The van der Waals surface area contributed by atoms with E-state index >= 15 is 8.78 Å². The molecule has 56 heavy (non-hydrogen) atoms. The number of hydrogen-bond donors (Lipinski definition) is 2. The predicted molar refractivity (Wildman–Crippen MR) is 199 cm³/mol. The monoisotopic (exact) mass is 772 g/mol. The van der Waals surface area contributed by atoms with Gasteiger partial charge in [-0.3, -0.25) is 4.98 Å². The van der Waals surface area contributed by atoms with E-state index < -0.39 is 53.1 Å². The van der Waals surface area contributed by atoms with Gasteiger partial charge in [-0.15, -0.1) is 5.10 Å². The maximum Gasteiger partial charge on any atom is 0.350 e. The van der Waals surface area contributed by atoms with Crippen molar-refractivity contribution < 1.29 is 27.8 Å². The van der Waals surface area contributed by atoms with Gasteiger partial charge in [0.05, 0.1) is 24.4 Å². The lowest BCUT2D eigenvalue weighted by atomic mass is 9.84. The summed E-state index contributed by atoms with van der Waals surface area (Å²) in [5.41, 5.74) is -1.26. The molecule has 1 aliphatic rings. The quantitative estimate of drug-likeness (QED) is 0.164. The molecule has 0 saturated carbocycles. The first-order valence-electron chi connectivity index (χ1n) is 18.0. The molecule has 292 valence electrons. The minimum Gasteiger partial charge on any atom is -0.391 e. The number of aliphatic hydroxyl groups excluding tert-OH is 1. The average molecular weight is 773 g/mol. The van der Waals surface area contributed by atoms with Crippen LogP contribution in [0, 0.1) is 17.6 Å². The molecule has 0 bridgehead atoms. The highest BCUT2D eigenvalue weighted by molar-refractivity contribution is 5.66. The number of tetrazole rings is 1. The number of benzene rings is 3. The Bertz CT molecular complexity index is 2300. The summed E-state index contributed by atoms with van der Waals surface area (Å²) in [4.78, 5) is 21.6. The summed E-state index contributed by atoms with van der Waals surface area (Å²) in [6, 6.07) is 19.4. The van der Waals surface area contributed by atoms with E-state index in [4.69, 9.17) is 0 Å². The van der Waals surface area contributed by atoms with Gasteiger partial charge in [0.25, 0.3) is 0 Å². The Morgan fingerprint density at radius 1 is 0.804 bits per heavy atom. The second-order valence-corrected chi connectivity index (χ2v) is 14.2. The number of rotatable bonds is 12. The van der Waals surface area contributed by atoms with E-state index in [0.717, 1.165) is 72.3 Å². The van der Waals surface area contributed by atoms with Crippen LogP contribution in [0.3, 0.4) is 0 Å². The van der Waals surface area contributed by atoms with Crippen LogP contribution in [0.15, 0.2) is 103 Å². The van der Waals surface area contributed by atoms with Crippen LogP contribution in [0.4, 0.5) is 28.9 Å². The normalized spacial score (nSPS) is 15.9. The molecule has 0 spiro atoms. The summed E-state index contributed by atoms with van der Waals surface area (Å²) in [6.45, 7) is 7.60. The third-order valence-corrected chi connectivity index (χ3v) is 10.3. The van der Waals surface area contributed by atoms with Crippen molar-refractivity contribution >= 4 is 11.4 Å². The molecule has 6 aromatic rings. The zero-order valence-electron chi connectivity index (χ0n) is 30.8. The molecule has 3 atom stereocenters. The number of aliphatic hydroxyl groups is 2. The van der Waals surface area contributed by atoms with Crippen LogP contribution < -0.4 is 15.5 Å². The predicted octanol–water partition coefficient (Wildman–Crippen LogP) is 4.95. The standard InChI is InChI=1S/C39H40F4N10O3/c1-25(2)36(26(3)54)53-37(55)52(24-46-53)32-12-10-31(11-13-32)50-18-16-49(17-19-50)30-8-4-27(5-9-30)28-6-15-35(44-21-28)39(42,43)38(56,22-51-23-45-47-48-51)33-14-7-29(40)20-34(33)41/h4-15,20-21,23-26,36,54,56H,16-19,22H2,1-3H3. The zero-order chi connectivity index (χ0) is 39.8. The summed E-state index contributed by atoms with van der Waals surface area (Å²) in [6.07, 6.45) is 2.99. The van der Waals surface area contributed by atoms with Crippen LogP contribution in [0.1, 0.15) is 38.1 Å². The largest absolute Gasteiger partial charge is 0.391 e. The lowest BCUT2D eigenvalue weighted by Crippen LogP contribution is -2.48. The van der Waals surface area contributed by atoms with Gasteiger partial charge >= 0.3 is 11.6 Å². The van der Waals surface area contributed by atoms with E-state index in [1.54, 1.807) is 6.92 Å². The summed E-state index contributed by atoms with van der Waals surface area (Å²) >= 11 is 0. The third-order valence-electron chi connectivity index (χ3n) is 10.3. The van der Waals surface area contributed by atoms with Crippen molar-refractivity contribution in [3.8, 4) is 16.8 Å². The Morgan fingerprint density at radius 3 is 1.95 bits per heavy atom. The fourth-order valence-corrected chi connectivity index (χ4v) is 7.28. The lowest BCUT2D eigenvalue weighted by Gasteiger charge is -2.37. The zero-order valence-corrected chi connectivity index (χ0v) is 30.8. The van der Waals surface area contributed by atoms with Gasteiger partial charge < -0.3 is 20.0 Å². The molecule has 17 heteroatoms. The molecule has 1 saturated heterocycles. The first kappa shape index (κ1) is 38.3. The van der Waals surface area contributed by atoms with E-state index in [0.29, 0.717) is 17.3 Å². The van der Waals surface area contributed by atoms with Crippen molar-refractivity contribution in [3.05, 3.63) is 131 Å². The van der Waals surface area contributed by atoms with Gasteiger partial charge in [0.15, 0.2) is 5.60 Å². The SMILES string of the molecule is CC(C)C(C(C)O)n1ncn(-c2ccc(N3CCN(c4ccc(-c5ccc(C(F)(F)C(O)(Cn6cnnn6)c6ccc(F)cc6F)nc5)cc4)CC3)cc2)c1=O. The van der Waals surface area contributed by atoms with E-state index in [1.807, 2.05) is 62.4 Å². The molecule has 1 fully saturated rings. The van der Waals surface area contributed by atoms with Crippen LogP contribution >= 0.6 is 0 Å². The molecule has 1 aliphatic heterocycles. The number of piperazine rings is 1. The van der Waals surface area contributed by atoms with E-state index in [1.165, 1.54) is 27.8 Å². The summed E-state index contributed by atoms with van der Waals surface area (Å²) in [7, 11) is 0. The van der Waals surface area contributed by atoms with E-state index in [-0.39, 0.29) is 11.6 Å². The minimum absolute atomic E-state index is 0.0199. The van der Waals surface area contributed by atoms with Crippen molar-refractivity contribution in [1.29, 1.82) is 0 Å². The Kier molecular flexibility index (Phi) is 10.5. The van der Waals surface area contributed by atoms with Crippen molar-refractivity contribution in [2.75, 3.05) is 36.0 Å². The summed E-state index contributed by atoms with van der Waals surface area (Å²) in [5, 5.41) is 36.3. The minimum atomic E-state index is -4.16. The number of halogens is 4.